The smallest absolute Gasteiger partial charge is 0.255 e. The van der Waals surface area contributed by atoms with Crippen LogP contribution in [-0.2, 0) is 11.3 Å². The number of halogens is 1. The minimum absolute atomic E-state index is 0.194. The van der Waals surface area contributed by atoms with Gasteiger partial charge in [-0.2, -0.15) is 0 Å². The molecule has 2 aromatic rings. The van der Waals surface area contributed by atoms with Gasteiger partial charge in [0.2, 0.25) is 5.75 Å². The van der Waals surface area contributed by atoms with Gasteiger partial charge in [0.05, 0.1) is 25.1 Å². The zero-order valence-corrected chi connectivity index (χ0v) is 16.9. The van der Waals surface area contributed by atoms with Crippen LogP contribution in [0.3, 0.4) is 0 Å². The van der Waals surface area contributed by atoms with Crippen molar-refractivity contribution in [1.29, 1.82) is 0 Å². The average molecular weight is 413 g/mol. The summed E-state index contributed by atoms with van der Waals surface area (Å²) in [5.74, 6) is -0.0714. The van der Waals surface area contributed by atoms with Gasteiger partial charge in [0, 0.05) is 17.0 Å². The van der Waals surface area contributed by atoms with Crippen LogP contribution in [-0.4, -0.2) is 44.1 Å². The van der Waals surface area contributed by atoms with Crippen LogP contribution in [0.5, 0.6) is 17.2 Å². The molecule has 0 radical (unpaired) electrons. The number of rotatable bonds is 9. The molecule has 0 saturated heterocycles. The maximum atomic E-state index is 13.0. The van der Waals surface area contributed by atoms with E-state index >= 15 is 0 Å². The number of amides is 2. The first kappa shape index (κ1) is 20.9. The highest BCUT2D eigenvalue weighted by Crippen LogP contribution is 2.39. The molecule has 2 amide bonds. The fraction of sp³-hybridized carbons (Fsp3) is 0.333. The Morgan fingerprint density at radius 3 is 2.26 bits per heavy atom. The van der Waals surface area contributed by atoms with Crippen LogP contribution in [0.25, 0.3) is 0 Å². The minimum Gasteiger partial charge on any atom is -0.493 e. The summed E-state index contributed by atoms with van der Waals surface area (Å²) in [6.07, 6.45) is 0. The summed E-state index contributed by atoms with van der Waals surface area (Å²) in [7, 11) is 2.87. The van der Waals surface area contributed by atoms with Crippen molar-refractivity contribution in [2.45, 2.75) is 13.5 Å². The lowest BCUT2D eigenvalue weighted by Crippen LogP contribution is -2.30. The third kappa shape index (κ3) is 5.27. The highest BCUT2D eigenvalue weighted by Gasteiger charge is 2.22. The van der Waals surface area contributed by atoms with Gasteiger partial charge in [-0.3, -0.25) is 9.59 Å². The van der Waals surface area contributed by atoms with Crippen LogP contribution in [0.4, 0.5) is 0 Å². The van der Waals surface area contributed by atoms with E-state index in [-0.39, 0.29) is 29.8 Å². The molecule has 27 heavy (non-hydrogen) atoms. The first-order chi connectivity index (χ1) is 12.9. The number of carbonyl (C=O) groups excluding carboxylic acids is 2. The Bertz CT molecular complexity index is 799. The zero-order chi connectivity index (χ0) is 20.0. The number of hydrogen-bond acceptors (Lipinski definition) is 6. The van der Waals surface area contributed by atoms with Gasteiger partial charge in [-0.05, 0) is 31.2 Å². The van der Waals surface area contributed by atoms with Crippen LogP contribution >= 0.6 is 22.9 Å². The number of nitrogens with zero attached hydrogens (tertiary/aromatic N) is 1. The molecule has 0 saturated carbocycles. The molecule has 2 N–H and O–H groups in total. The van der Waals surface area contributed by atoms with Crippen LogP contribution in [0, 0.1) is 0 Å². The van der Waals surface area contributed by atoms with Crippen molar-refractivity contribution in [3.63, 3.8) is 0 Å². The van der Waals surface area contributed by atoms with Crippen molar-refractivity contribution < 1.29 is 23.8 Å². The number of thiophene rings is 1. The molecule has 0 aliphatic heterocycles. The molecule has 1 aromatic heterocycles. The first-order valence-corrected chi connectivity index (χ1v) is 9.29. The van der Waals surface area contributed by atoms with E-state index in [1.54, 1.807) is 23.1 Å². The number of primary amides is 1. The van der Waals surface area contributed by atoms with E-state index in [1.165, 1.54) is 25.6 Å². The minimum atomic E-state index is -0.633. The van der Waals surface area contributed by atoms with Crippen molar-refractivity contribution in [3.8, 4) is 17.2 Å². The van der Waals surface area contributed by atoms with Crippen LogP contribution in [0.2, 0.25) is 4.34 Å². The van der Waals surface area contributed by atoms with Gasteiger partial charge in [-0.25, -0.2) is 0 Å². The maximum Gasteiger partial charge on any atom is 0.255 e. The summed E-state index contributed by atoms with van der Waals surface area (Å²) in [6.45, 7) is 2.52. The summed E-state index contributed by atoms with van der Waals surface area (Å²) in [4.78, 5) is 26.6. The van der Waals surface area contributed by atoms with Crippen LogP contribution in [0.15, 0.2) is 24.3 Å². The topological polar surface area (TPSA) is 91.1 Å². The monoisotopic (exact) mass is 412 g/mol. The van der Waals surface area contributed by atoms with E-state index in [1.807, 2.05) is 13.0 Å². The predicted molar refractivity (Wildman–Crippen MR) is 104 cm³/mol. The van der Waals surface area contributed by atoms with E-state index < -0.39 is 5.91 Å². The third-order valence-electron chi connectivity index (χ3n) is 3.71. The van der Waals surface area contributed by atoms with Crippen molar-refractivity contribution in [2.24, 2.45) is 5.73 Å². The summed E-state index contributed by atoms with van der Waals surface area (Å²) in [5.41, 5.74) is 5.49. The number of nitrogens with two attached hydrogens (primary N) is 1. The quantitative estimate of drug-likeness (QED) is 0.683. The Morgan fingerprint density at radius 1 is 1.19 bits per heavy atom. The molecule has 9 heteroatoms. The Labute approximate surface area is 166 Å². The summed E-state index contributed by atoms with van der Waals surface area (Å²) >= 11 is 7.40. The third-order valence-corrected chi connectivity index (χ3v) is 4.93. The largest absolute Gasteiger partial charge is 0.493 e. The molecular formula is C18H21ClN2O5S. The number of ether oxygens (including phenoxy) is 3. The zero-order valence-electron chi connectivity index (χ0n) is 15.3. The van der Waals surface area contributed by atoms with Crippen molar-refractivity contribution >= 4 is 34.8 Å². The number of hydrogen-bond donors (Lipinski definition) is 1. The van der Waals surface area contributed by atoms with Gasteiger partial charge in [-0.1, -0.05) is 11.6 Å². The number of methoxy groups -OCH3 is 2. The molecule has 0 fully saturated rings. The van der Waals surface area contributed by atoms with Gasteiger partial charge >= 0.3 is 0 Å². The Kier molecular flexibility index (Phi) is 7.32. The first-order valence-electron chi connectivity index (χ1n) is 8.10. The second-order valence-electron chi connectivity index (χ2n) is 5.49. The normalized spacial score (nSPS) is 10.4. The summed E-state index contributed by atoms with van der Waals surface area (Å²) in [6, 6.07) is 6.79. The number of carbonyl (C=O) groups is 2. The van der Waals surface area contributed by atoms with E-state index in [4.69, 9.17) is 31.5 Å². The molecule has 1 aromatic carbocycles. The Morgan fingerprint density at radius 2 is 1.81 bits per heavy atom. The molecule has 0 bridgehead atoms. The highest BCUT2D eigenvalue weighted by atomic mass is 35.5. The molecular weight excluding hydrogens is 392 g/mol. The molecule has 0 unspecified atom stereocenters. The lowest BCUT2D eigenvalue weighted by Gasteiger charge is -2.22. The predicted octanol–water partition coefficient (Wildman–Crippen LogP) is 2.95. The van der Waals surface area contributed by atoms with E-state index in [2.05, 4.69) is 0 Å². The van der Waals surface area contributed by atoms with Crippen molar-refractivity contribution in [2.75, 3.05) is 27.4 Å². The SMILES string of the molecule is CCN(Cc1ccc(Cl)s1)C(=O)c1cc(OC)c(OCC(N)=O)c(OC)c1. The van der Waals surface area contributed by atoms with Gasteiger partial charge < -0.3 is 24.8 Å². The standard InChI is InChI=1S/C18H21ClN2O5S/c1-4-21(9-12-5-6-15(19)27-12)18(23)11-7-13(24-2)17(14(8-11)25-3)26-10-16(20)22/h5-8H,4,9-10H2,1-3H3,(H2,20,22). The van der Waals surface area contributed by atoms with Crippen LogP contribution in [0.1, 0.15) is 22.2 Å². The fourth-order valence-corrected chi connectivity index (χ4v) is 3.53. The molecule has 0 aliphatic rings. The van der Waals surface area contributed by atoms with Gasteiger partial charge in [0.1, 0.15) is 0 Å². The molecule has 2 rings (SSSR count). The van der Waals surface area contributed by atoms with Crippen molar-refractivity contribution in [1.82, 2.24) is 4.90 Å². The van der Waals surface area contributed by atoms with E-state index in [0.29, 0.717) is 23.0 Å². The molecule has 0 spiro atoms. The lowest BCUT2D eigenvalue weighted by atomic mass is 10.1. The maximum absolute atomic E-state index is 13.0. The van der Waals surface area contributed by atoms with Gasteiger partial charge in [0.15, 0.2) is 18.1 Å². The summed E-state index contributed by atoms with van der Waals surface area (Å²) < 4.78 is 16.6. The molecule has 0 aliphatic carbocycles. The second-order valence-corrected chi connectivity index (χ2v) is 7.29. The van der Waals surface area contributed by atoms with Gasteiger partial charge in [-0.15, -0.1) is 11.3 Å². The van der Waals surface area contributed by atoms with Gasteiger partial charge in [0.25, 0.3) is 11.8 Å². The molecule has 7 nitrogen and oxygen atoms in total. The number of benzene rings is 1. The average Bonchev–Trinajstić information content (AvgIpc) is 3.07. The molecule has 1 heterocycles. The van der Waals surface area contributed by atoms with Crippen molar-refractivity contribution in [3.05, 3.63) is 39.0 Å². The molecule has 146 valence electrons. The van der Waals surface area contributed by atoms with Crippen LogP contribution < -0.4 is 19.9 Å². The second kappa shape index (κ2) is 9.48. The Hall–Kier alpha value is -2.45. The fourth-order valence-electron chi connectivity index (χ4n) is 2.42. The summed E-state index contributed by atoms with van der Waals surface area (Å²) in [5, 5.41) is 0. The molecule has 0 atom stereocenters. The highest BCUT2D eigenvalue weighted by molar-refractivity contribution is 7.16. The Balaban J connectivity index is 2.32. The van der Waals surface area contributed by atoms with E-state index in [0.717, 1.165) is 4.88 Å². The van der Waals surface area contributed by atoms with E-state index in [9.17, 15) is 9.59 Å². The lowest BCUT2D eigenvalue weighted by molar-refractivity contribution is -0.120.